The van der Waals surface area contributed by atoms with Crippen LogP contribution in [0.5, 0.6) is 0 Å². The first-order valence-electron chi connectivity index (χ1n) is 11.7. The van der Waals surface area contributed by atoms with E-state index >= 15 is 0 Å². The molecule has 0 spiro atoms. The Labute approximate surface area is 219 Å². The largest absolute Gasteiger partial charge is 0.481 e. The van der Waals surface area contributed by atoms with Crippen LogP contribution in [0.25, 0.3) is 11.2 Å². The molecule has 1 aromatic carbocycles. The molecule has 0 bridgehead atoms. The predicted molar refractivity (Wildman–Crippen MR) is 135 cm³/mol. The SMILES string of the molecule is CC1(C)O[C@@H]2[C@H](n3cnc4c(NC5CC5c5cccc(Cl)c5)nc(I)nc43)[C@H]3C[C@@]3(C(=O)O)[C@@H]2O1. The molecule has 1 saturated heterocycles. The number of rotatable bonds is 5. The molecule has 11 heteroatoms. The van der Waals surface area contributed by atoms with Gasteiger partial charge >= 0.3 is 5.97 Å². The third-order valence-electron chi connectivity index (χ3n) is 7.95. The zero-order valence-corrected chi connectivity index (χ0v) is 21.9. The zero-order chi connectivity index (χ0) is 24.3. The maximum Gasteiger partial charge on any atom is 0.312 e. The minimum absolute atomic E-state index is 0.0943. The molecule has 4 aliphatic rings. The van der Waals surface area contributed by atoms with Gasteiger partial charge in [0.1, 0.15) is 17.6 Å². The van der Waals surface area contributed by atoms with Crippen LogP contribution in [0.1, 0.15) is 44.2 Å². The number of fused-ring (bicyclic) bond motifs is 4. The second kappa shape index (κ2) is 7.27. The molecule has 3 heterocycles. The number of carboxylic acids is 1. The second-order valence-electron chi connectivity index (χ2n) is 10.5. The number of hydrogen-bond donors (Lipinski definition) is 2. The summed E-state index contributed by atoms with van der Waals surface area (Å²) in [6.45, 7) is 3.67. The van der Waals surface area contributed by atoms with Gasteiger partial charge in [0, 0.05) is 45.5 Å². The zero-order valence-electron chi connectivity index (χ0n) is 19.0. The Morgan fingerprint density at radius 1 is 1.31 bits per heavy atom. The van der Waals surface area contributed by atoms with Gasteiger partial charge in [0.2, 0.25) is 0 Å². The summed E-state index contributed by atoms with van der Waals surface area (Å²) in [5.74, 6) is -0.701. The minimum Gasteiger partial charge on any atom is -0.481 e. The number of imidazole rings is 1. The number of carboxylic acid groups (broad SMARTS) is 1. The standard InChI is InChI=1S/C24H23ClIN5O4/c1-23(2)34-17-16(13-8-24(13,21(32)33)18(17)35-23)31-9-27-15-19(29-22(26)30-20(15)31)28-14-7-12(14)10-4-3-5-11(25)6-10/h3-6,9,12-14,16-18H,7-8H2,1-2H3,(H,32,33)(H,28,29,30)/t12?,13-,14?,16-,17-,18-,24+/m1/s1. The highest BCUT2D eigenvalue weighted by Gasteiger charge is 2.80. The molecule has 9 nitrogen and oxygen atoms in total. The normalized spacial score (nSPS) is 36.1. The van der Waals surface area contributed by atoms with E-state index in [0.29, 0.717) is 33.2 Å². The van der Waals surface area contributed by atoms with Crippen molar-refractivity contribution in [2.24, 2.45) is 11.3 Å². The fourth-order valence-electron chi connectivity index (χ4n) is 6.29. The first-order chi connectivity index (χ1) is 16.7. The lowest BCUT2D eigenvalue weighted by Gasteiger charge is -2.24. The van der Waals surface area contributed by atoms with Gasteiger partial charge < -0.3 is 24.5 Å². The van der Waals surface area contributed by atoms with Crippen molar-refractivity contribution < 1.29 is 19.4 Å². The quantitative estimate of drug-likeness (QED) is 0.328. The number of ether oxygens (including phenoxy) is 2. The van der Waals surface area contributed by atoms with Crippen LogP contribution in [0.15, 0.2) is 30.6 Å². The highest BCUT2D eigenvalue weighted by molar-refractivity contribution is 14.1. The van der Waals surface area contributed by atoms with Crippen molar-refractivity contribution in [1.29, 1.82) is 0 Å². The Morgan fingerprint density at radius 3 is 2.91 bits per heavy atom. The molecule has 2 aromatic heterocycles. The summed E-state index contributed by atoms with van der Waals surface area (Å²) < 4.78 is 14.9. The van der Waals surface area contributed by atoms with Crippen LogP contribution in [0.2, 0.25) is 5.02 Å². The molecule has 182 valence electrons. The van der Waals surface area contributed by atoms with E-state index in [9.17, 15) is 9.90 Å². The Balaban J connectivity index is 1.23. The maximum atomic E-state index is 12.3. The predicted octanol–water partition coefficient (Wildman–Crippen LogP) is 4.22. The van der Waals surface area contributed by atoms with Crippen LogP contribution in [-0.2, 0) is 14.3 Å². The van der Waals surface area contributed by atoms with Gasteiger partial charge in [-0.2, -0.15) is 0 Å². The van der Waals surface area contributed by atoms with Gasteiger partial charge in [0.25, 0.3) is 0 Å². The number of nitrogens with zero attached hydrogens (tertiary/aromatic N) is 4. The molecule has 2 N–H and O–H groups in total. The lowest BCUT2D eigenvalue weighted by atomic mass is 9.99. The summed E-state index contributed by atoms with van der Waals surface area (Å²) in [6.07, 6.45) is 2.42. The van der Waals surface area contributed by atoms with Gasteiger partial charge in [0.15, 0.2) is 26.6 Å². The Kier molecular flexibility index (Phi) is 4.61. The lowest BCUT2D eigenvalue weighted by Crippen LogP contribution is -2.35. The number of benzene rings is 1. The van der Waals surface area contributed by atoms with E-state index < -0.39 is 23.3 Å². The molecule has 3 aromatic rings. The van der Waals surface area contributed by atoms with Crippen molar-refractivity contribution in [2.75, 3.05) is 5.32 Å². The lowest BCUT2D eigenvalue weighted by molar-refractivity contribution is -0.170. The number of carbonyl (C=O) groups is 1. The van der Waals surface area contributed by atoms with Crippen LogP contribution in [-0.4, -0.2) is 54.6 Å². The third-order valence-corrected chi connectivity index (χ3v) is 8.67. The minimum atomic E-state index is -0.918. The number of anilines is 1. The van der Waals surface area contributed by atoms with Crippen molar-refractivity contribution >= 4 is 57.1 Å². The second-order valence-corrected chi connectivity index (χ2v) is 11.9. The molecule has 2 unspecified atom stereocenters. The van der Waals surface area contributed by atoms with Crippen molar-refractivity contribution in [3.63, 3.8) is 0 Å². The Morgan fingerprint density at radius 2 is 2.14 bits per heavy atom. The molecule has 7 atom stereocenters. The van der Waals surface area contributed by atoms with E-state index in [1.54, 1.807) is 6.33 Å². The molecule has 1 aliphatic heterocycles. The van der Waals surface area contributed by atoms with Gasteiger partial charge in [-0.05, 0) is 44.4 Å². The summed E-state index contributed by atoms with van der Waals surface area (Å²) in [4.78, 5) is 26.3. The molecular weight excluding hydrogens is 585 g/mol. The third kappa shape index (κ3) is 3.25. The molecule has 7 rings (SSSR count). The van der Waals surface area contributed by atoms with Crippen LogP contribution in [0.3, 0.4) is 0 Å². The molecule has 3 aliphatic carbocycles. The van der Waals surface area contributed by atoms with Crippen molar-refractivity contribution in [3.8, 4) is 0 Å². The summed E-state index contributed by atoms with van der Waals surface area (Å²) in [5, 5.41) is 14.4. The summed E-state index contributed by atoms with van der Waals surface area (Å²) >= 11 is 8.29. The van der Waals surface area contributed by atoms with E-state index in [1.165, 1.54) is 5.56 Å². The number of aliphatic carboxylic acids is 1. The van der Waals surface area contributed by atoms with Crippen molar-refractivity contribution in [1.82, 2.24) is 19.5 Å². The molecule has 0 radical (unpaired) electrons. The fraction of sp³-hybridized carbons (Fsp3) is 0.500. The van der Waals surface area contributed by atoms with Crippen LogP contribution in [0, 0.1) is 15.2 Å². The monoisotopic (exact) mass is 607 g/mol. The summed E-state index contributed by atoms with van der Waals surface area (Å²) in [7, 11) is 0. The number of hydrogen-bond acceptors (Lipinski definition) is 7. The summed E-state index contributed by atoms with van der Waals surface area (Å²) in [6, 6.07) is 7.97. The number of halogens is 2. The van der Waals surface area contributed by atoms with Crippen molar-refractivity contribution in [2.45, 2.75) is 62.7 Å². The highest BCUT2D eigenvalue weighted by Crippen LogP contribution is 2.71. The van der Waals surface area contributed by atoms with Crippen LogP contribution < -0.4 is 5.32 Å². The van der Waals surface area contributed by atoms with Gasteiger partial charge in [-0.15, -0.1) is 0 Å². The molecule has 0 amide bonds. The van der Waals surface area contributed by atoms with Crippen molar-refractivity contribution in [3.05, 3.63) is 45.0 Å². The van der Waals surface area contributed by atoms with Crippen LogP contribution in [0.4, 0.5) is 5.82 Å². The van der Waals surface area contributed by atoms with Gasteiger partial charge in [-0.3, -0.25) is 4.79 Å². The topological polar surface area (TPSA) is 111 Å². The Bertz CT molecular complexity index is 1400. The average molecular weight is 608 g/mol. The van der Waals surface area contributed by atoms with E-state index in [1.807, 2.05) is 36.6 Å². The molecule has 3 saturated carbocycles. The number of aromatic nitrogens is 4. The molecular formula is C24H23ClIN5O4. The fourth-order valence-corrected chi connectivity index (χ4v) is 6.96. The van der Waals surface area contributed by atoms with Gasteiger partial charge in [-0.25, -0.2) is 15.0 Å². The van der Waals surface area contributed by atoms with E-state index in [0.717, 1.165) is 11.4 Å². The Hall–Kier alpha value is -2.02. The highest BCUT2D eigenvalue weighted by atomic mass is 127. The first kappa shape index (κ1) is 22.2. The summed E-state index contributed by atoms with van der Waals surface area (Å²) in [5.41, 5.74) is 1.64. The smallest absolute Gasteiger partial charge is 0.312 e. The first-order valence-corrected chi connectivity index (χ1v) is 13.1. The van der Waals surface area contributed by atoms with Gasteiger partial charge in [0.05, 0.1) is 12.4 Å². The average Bonchev–Trinajstić information content (AvgIpc) is 3.61. The van der Waals surface area contributed by atoms with E-state index in [4.69, 9.17) is 26.1 Å². The van der Waals surface area contributed by atoms with Gasteiger partial charge in [-0.1, -0.05) is 23.7 Å². The molecule has 35 heavy (non-hydrogen) atoms. The number of nitrogens with one attached hydrogen (secondary N) is 1. The maximum absolute atomic E-state index is 12.3. The van der Waals surface area contributed by atoms with E-state index in [-0.39, 0.29) is 24.1 Å². The molecule has 4 fully saturated rings. The van der Waals surface area contributed by atoms with E-state index in [2.05, 4.69) is 43.9 Å². The van der Waals surface area contributed by atoms with Crippen LogP contribution >= 0.6 is 34.2 Å².